The lowest BCUT2D eigenvalue weighted by atomic mass is 10.1. The van der Waals surface area contributed by atoms with Gasteiger partial charge in [-0.3, -0.25) is 4.79 Å². The minimum absolute atomic E-state index is 0.0558. The second-order valence-corrected chi connectivity index (χ2v) is 5.27. The first kappa shape index (κ1) is 14.7. The van der Waals surface area contributed by atoms with Crippen molar-refractivity contribution in [2.45, 2.75) is 32.6 Å². The maximum Gasteiger partial charge on any atom is 0.239 e. The maximum atomic E-state index is 11.7. The fraction of sp³-hybridized carbons (Fsp3) is 0.562. The van der Waals surface area contributed by atoms with Crippen molar-refractivity contribution in [3.63, 3.8) is 0 Å². The quantitative estimate of drug-likeness (QED) is 0.839. The van der Waals surface area contributed by atoms with E-state index in [9.17, 15) is 4.79 Å². The topological polar surface area (TPSA) is 44.4 Å². The van der Waals surface area contributed by atoms with Crippen LogP contribution >= 0.6 is 0 Å². The normalized spacial score (nSPS) is 14.9. The number of hydrogen-bond acceptors (Lipinski definition) is 3. The molecule has 1 fully saturated rings. The summed E-state index contributed by atoms with van der Waals surface area (Å²) in [5, 5.41) is 6.15. The molecule has 1 amide bonds. The van der Waals surface area contributed by atoms with Gasteiger partial charge in [-0.1, -0.05) is 19.1 Å². The molecule has 4 nitrogen and oxygen atoms in total. The Hall–Kier alpha value is -1.71. The van der Waals surface area contributed by atoms with Gasteiger partial charge in [0.05, 0.1) is 17.9 Å². The molecule has 1 heterocycles. The predicted octanol–water partition coefficient (Wildman–Crippen LogP) is 2.62. The van der Waals surface area contributed by atoms with Crippen molar-refractivity contribution in [2.75, 3.05) is 36.4 Å². The summed E-state index contributed by atoms with van der Waals surface area (Å²) in [6.45, 7) is 5.36. The van der Waals surface area contributed by atoms with Crippen molar-refractivity contribution in [1.82, 2.24) is 5.32 Å². The summed E-state index contributed by atoms with van der Waals surface area (Å²) in [7, 11) is 0. The van der Waals surface area contributed by atoms with Crippen LogP contribution in [0.1, 0.15) is 32.6 Å². The number of piperidine rings is 1. The van der Waals surface area contributed by atoms with Crippen LogP contribution in [0.3, 0.4) is 0 Å². The Morgan fingerprint density at radius 3 is 2.70 bits per heavy atom. The number of nitrogens with one attached hydrogen (secondary N) is 2. The van der Waals surface area contributed by atoms with E-state index < -0.39 is 0 Å². The van der Waals surface area contributed by atoms with Crippen molar-refractivity contribution in [3.8, 4) is 0 Å². The van der Waals surface area contributed by atoms with E-state index in [0.717, 1.165) is 31.7 Å². The molecule has 1 saturated heterocycles. The van der Waals surface area contributed by atoms with Crippen molar-refractivity contribution in [1.29, 1.82) is 0 Å². The zero-order valence-electron chi connectivity index (χ0n) is 12.3. The van der Waals surface area contributed by atoms with Gasteiger partial charge in [-0.2, -0.15) is 0 Å². The van der Waals surface area contributed by atoms with Crippen LogP contribution in [0.25, 0.3) is 0 Å². The highest BCUT2D eigenvalue weighted by Gasteiger charge is 2.14. The summed E-state index contributed by atoms with van der Waals surface area (Å²) in [5.41, 5.74) is 2.27. The van der Waals surface area contributed by atoms with Gasteiger partial charge in [0, 0.05) is 19.6 Å². The Kier molecular flexibility index (Phi) is 5.71. The van der Waals surface area contributed by atoms with Crippen LogP contribution in [0.15, 0.2) is 24.3 Å². The molecule has 1 aliphatic heterocycles. The molecule has 2 N–H and O–H groups in total. The van der Waals surface area contributed by atoms with Crippen LogP contribution in [0.2, 0.25) is 0 Å². The molecule has 0 aliphatic carbocycles. The second-order valence-electron chi connectivity index (χ2n) is 5.27. The number of benzene rings is 1. The van der Waals surface area contributed by atoms with Crippen LogP contribution < -0.4 is 15.5 Å². The molecular weight excluding hydrogens is 250 g/mol. The number of anilines is 2. The predicted molar refractivity (Wildman–Crippen MR) is 84.3 cm³/mol. The molecule has 4 heteroatoms. The second kappa shape index (κ2) is 7.78. The van der Waals surface area contributed by atoms with E-state index in [-0.39, 0.29) is 5.91 Å². The van der Waals surface area contributed by atoms with Crippen molar-refractivity contribution >= 4 is 17.3 Å². The Labute approximate surface area is 121 Å². The molecule has 0 aromatic heterocycles. The fourth-order valence-electron chi connectivity index (χ4n) is 2.54. The summed E-state index contributed by atoms with van der Waals surface area (Å²) in [4.78, 5) is 14.1. The van der Waals surface area contributed by atoms with Crippen molar-refractivity contribution < 1.29 is 4.79 Å². The average molecular weight is 275 g/mol. The van der Waals surface area contributed by atoms with Crippen LogP contribution in [-0.4, -0.2) is 32.1 Å². The molecule has 1 aromatic rings. The smallest absolute Gasteiger partial charge is 0.239 e. The van der Waals surface area contributed by atoms with Crippen molar-refractivity contribution in [3.05, 3.63) is 24.3 Å². The van der Waals surface area contributed by atoms with E-state index in [1.807, 2.05) is 6.07 Å². The molecule has 2 rings (SSSR count). The molecule has 1 aromatic carbocycles. The van der Waals surface area contributed by atoms with Gasteiger partial charge in [0.15, 0.2) is 0 Å². The highest BCUT2D eigenvalue weighted by molar-refractivity contribution is 5.82. The Balaban J connectivity index is 1.95. The van der Waals surface area contributed by atoms with Crippen LogP contribution in [0.5, 0.6) is 0 Å². The largest absolute Gasteiger partial charge is 0.374 e. The maximum absolute atomic E-state index is 11.7. The van der Waals surface area contributed by atoms with E-state index >= 15 is 0 Å². The third kappa shape index (κ3) is 4.15. The molecule has 1 aliphatic rings. The van der Waals surface area contributed by atoms with E-state index in [4.69, 9.17) is 0 Å². The van der Waals surface area contributed by atoms with Gasteiger partial charge >= 0.3 is 0 Å². The molecule has 0 atom stereocenters. The first-order valence-electron chi connectivity index (χ1n) is 7.66. The number of para-hydroxylation sites is 2. The number of carbonyl (C=O) groups is 1. The number of amides is 1. The summed E-state index contributed by atoms with van der Waals surface area (Å²) < 4.78 is 0. The number of carbonyl (C=O) groups excluding carboxylic acids is 1. The lowest BCUT2D eigenvalue weighted by molar-refractivity contribution is -0.119. The average Bonchev–Trinajstić information content (AvgIpc) is 2.52. The fourth-order valence-corrected chi connectivity index (χ4v) is 2.54. The van der Waals surface area contributed by atoms with Gasteiger partial charge in [-0.05, 0) is 37.8 Å². The molecule has 0 saturated carbocycles. The molecule has 0 radical (unpaired) electrons. The van der Waals surface area contributed by atoms with Gasteiger partial charge in [0.1, 0.15) is 0 Å². The first-order valence-corrected chi connectivity index (χ1v) is 7.66. The van der Waals surface area contributed by atoms with E-state index in [1.165, 1.54) is 24.9 Å². The highest BCUT2D eigenvalue weighted by Crippen LogP contribution is 2.27. The van der Waals surface area contributed by atoms with E-state index in [2.05, 4.69) is 40.7 Å². The molecule has 20 heavy (non-hydrogen) atoms. The Morgan fingerprint density at radius 1 is 1.20 bits per heavy atom. The summed E-state index contributed by atoms with van der Waals surface area (Å²) >= 11 is 0. The zero-order valence-corrected chi connectivity index (χ0v) is 12.3. The van der Waals surface area contributed by atoms with Gasteiger partial charge in [0.2, 0.25) is 5.91 Å². The molecule has 0 spiro atoms. The summed E-state index contributed by atoms with van der Waals surface area (Å²) in [5.74, 6) is 0.0558. The number of nitrogens with zero attached hydrogens (tertiary/aromatic N) is 1. The monoisotopic (exact) mass is 275 g/mol. The molecule has 0 unspecified atom stereocenters. The Morgan fingerprint density at radius 2 is 1.95 bits per heavy atom. The minimum atomic E-state index is 0.0558. The third-order valence-electron chi connectivity index (χ3n) is 3.61. The third-order valence-corrected chi connectivity index (χ3v) is 3.61. The van der Waals surface area contributed by atoms with Gasteiger partial charge in [0.25, 0.3) is 0 Å². The van der Waals surface area contributed by atoms with Gasteiger partial charge in [-0.15, -0.1) is 0 Å². The van der Waals surface area contributed by atoms with E-state index in [1.54, 1.807) is 0 Å². The number of rotatable bonds is 6. The number of hydrogen-bond donors (Lipinski definition) is 2. The zero-order chi connectivity index (χ0) is 14.2. The van der Waals surface area contributed by atoms with Crippen LogP contribution in [0, 0.1) is 0 Å². The van der Waals surface area contributed by atoms with E-state index in [0.29, 0.717) is 6.54 Å². The van der Waals surface area contributed by atoms with Gasteiger partial charge in [-0.25, -0.2) is 0 Å². The summed E-state index contributed by atoms with van der Waals surface area (Å²) in [6.07, 6.45) is 4.80. The van der Waals surface area contributed by atoms with Crippen LogP contribution in [0.4, 0.5) is 11.4 Å². The van der Waals surface area contributed by atoms with Gasteiger partial charge < -0.3 is 15.5 Å². The standard InChI is InChI=1S/C16H25N3O/c1-2-10-17-16(20)13-18-14-8-4-5-9-15(14)19-11-6-3-7-12-19/h4-5,8-9,18H,2-3,6-7,10-13H2,1H3,(H,17,20). The lowest BCUT2D eigenvalue weighted by Crippen LogP contribution is -2.32. The molecule has 110 valence electrons. The van der Waals surface area contributed by atoms with Crippen LogP contribution in [-0.2, 0) is 4.79 Å². The SMILES string of the molecule is CCCNC(=O)CNc1ccccc1N1CCCCC1. The Bertz CT molecular complexity index is 427. The minimum Gasteiger partial charge on any atom is -0.374 e. The van der Waals surface area contributed by atoms with Crippen molar-refractivity contribution in [2.24, 2.45) is 0 Å². The highest BCUT2D eigenvalue weighted by atomic mass is 16.1. The first-order chi connectivity index (χ1) is 9.81. The summed E-state index contributed by atoms with van der Waals surface area (Å²) in [6, 6.07) is 8.26. The lowest BCUT2D eigenvalue weighted by Gasteiger charge is -2.30. The molecular formula is C16H25N3O. The molecule has 0 bridgehead atoms.